The van der Waals surface area contributed by atoms with Crippen LogP contribution in [0.3, 0.4) is 0 Å². The molecule has 0 aliphatic carbocycles. The molecular formula is C9H9ClN2OS2. The molecule has 0 amide bonds. The lowest BCUT2D eigenvalue weighted by Gasteiger charge is -2.00. The van der Waals surface area contributed by atoms with E-state index in [9.17, 15) is 5.11 Å². The predicted molar refractivity (Wildman–Crippen MR) is 64.5 cm³/mol. The first-order valence-electron chi connectivity index (χ1n) is 4.30. The quantitative estimate of drug-likeness (QED) is 0.892. The van der Waals surface area contributed by atoms with Crippen molar-refractivity contribution in [2.75, 3.05) is 6.54 Å². The molecule has 80 valence electrons. The lowest BCUT2D eigenvalue weighted by atomic mass is 10.3. The van der Waals surface area contributed by atoms with E-state index in [2.05, 4.69) is 4.98 Å². The van der Waals surface area contributed by atoms with E-state index >= 15 is 0 Å². The summed E-state index contributed by atoms with van der Waals surface area (Å²) >= 11 is 8.71. The van der Waals surface area contributed by atoms with E-state index in [1.54, 1.807) is 0 Å². The third-order valence-electron chi connectivity index (χ3n) is 1.86. The molecule has 2 aromatic rings. The average molecular weight is 261 g/mol. The van der Waals surface area contributed by atoms with Crippen molar-refractivity contribution in [2.24, 2.45) is 5.73 Å². The van der Waals surface area contributed by atoms with Gasteiger partial charge in [-0.3, -0.25) is 0 Å². The number of hydrogen-bond acceptors (Lipinski definition) is 5. The summed E-state index contributed by atoms with van der Waals surface area (Å²) in [4.78, 5) is 5.31. The minimum Gasteiger partial charge on any atom is -0.385 e. The highest BCUT2D eigenvalue weighted by Crippen LogP contribution is 2.32. The van der Waals surface area contributed by atoms with E-state index in [1.165, 1.54) is 22.7 Å². The fourth-order valence-electron chi connectivity index (χ4n) is 1.11. The van der Waals surface area contributed by atoms with Gasteiger partial charge in [0.2, 0.25) is 0 Å². The number of halogens is 1. The fraction of sp³-hybridized carbons (Fsp3) is 0.222. The summed E-state index contributed by atoms with van der Waals surface area (Å²) in [6, 6.07) is 3.75. The Kier molecular flexibility index (Phi) is 3.38. The van der Waals surface area contributed by atoms with Gasteiger partial charge in [0.15, 0.2) is 0 Å². The number of thiazole rings is 1. The Bertz CT molecular complexity index is 454. The zero-order valence-corrected chi connectivity index (χ0v) is 10.1. The topological polar surface area (TPSA) is 59.1 Å². The van der Waals surface area contributed by atoms with Crippen molar-refractivity contribution in [1.29, 1.82) is 0 Å². The van der Waals surface area contributed by atoms with Crippen molar-refractivity contribution in [2.45, 2.75) is 6.10 Å². The van der Waals surface area contributed by atoms with Gasteiger partial charge in [0.05, 0.1) is 14.9 Å². The molecule has 3 N–H and O–H groups in total. The van der Waals surface area contributed by atoms with Crippen LogP contribution in [0.4, 0.5) is 0 Å². The summed E-state index contributed by atoms with van der Waals surface area (Å²) in [5.41, 5.74) is 6.20. The molecule has 2 heterocycles. The highest BCUT2D eigenvalue weighted by atomic mass is 35.5. The average Bonchev–Trinajstić information content (AvgIpc) is 2.84. The van der Waals surface area contributed by atoms with E-state index in [1.807, 2.05) is 17.5 Å². The number of nitrogens with two attached hydrogens (primary N) is 1. The SMILES string of the molecule is NCC(O)c1nc(-c2ccc(Cl)s2)cs1. The normalized spacial score (nSPS) is 13.0. The van der Waals surface area contributed by atoms with E-state index in [-0.39, 0.29) is 6.54 Å². The molecule has 0 bridgehead atoms. The summed E-state index contributed by atoms with van der Waals surface area (Å²) < 4.78 is 0.735. The van der Waals surface area contributed by atoms with Crippen LogP contribution in [0.25, 0.3) is 10.6 Å². The molecule has 0 spiro atoms. The number of thiophene rings is 1. The van der Waals surface area contributed by atoms with Crippen molar-refractivity contribution < 1.29 is 5.11 Å². The second-order valence-electron chi connectivity index (χ2n) is 2.93. The van der Waals surface area contributed by atoms with Crippen LogP contribution < -0.4 is 5.73 Å². The third-order valence-corrected chi connectivity index (χ3v) is 4.06. The Morgan fingerprint density at radius 2 is 2.33 bits per heavy atom. The zero-order chi connectivity index (χ0) is 10.8. The van der Waals surface area contributed by atoms with E-state index in [0.29, 0.717) is 5.01 Å². The number of aliphatic hydroxyl groups is 1. The molecule has 1 atom stereocenters. The summed E-state index contributed by atoms with van der Waals surface area (Å²) in [6.07, 6.45) is -0.667. The van der Waals surface area contributed by atoms with Gasteiger partial charge in [-0.05, 0) is 12.1 Å². The number of aromatic nitrogens is 1. The molecular weight excluding hydrogens is 252 g/mol. The van der Waals surface area contributed by atoms with Crippen molar-refractivity contribution >= 4 is 34.3 Å². The maximum absolute atomic E-state index is 9.49. The number of aliphatic hydroxyl groups excluding tert-OH is 1. The largest absolute Gasteiger partial charge is 0.385 e. The van der Waals surface area contributed by atoms with Gasteiger partial charge in [0.25, 0.3) is 0 Å². The van der Waals surface area contributed by atoms with Gasteiger partial charge in [0, 0.05) is 11.9 Å². The zero-order valence-electron chi connectivity index (χ0n) is 7.68. The fourth-order valence-corrected chi connectivity index (χ4v) is 3.00. The highest BCUT2D eigenvalue weighted by molar-refractivity contribution is 7.19. The Morgan fingerprint density at radius 3 is 2.93 bits per heavy atom. The molecule has 0 fully saturated rings. The Hall–Kier alpha value is -0.460. The first kappa shape index (κ1) is 11.0. The summed E-state index contributed by atoms with van der Waals surface area (Å²) in [7, 11) is 0. The molecule has 0 aliphatic heterocycles. The molecule has 3 nitrogen and oxygen atoms in total. The van der Waals surface area contributed by atoms with Crippen LogP contribution in [0.2, 0.25) is 4.34 Å². The van der Waals surface area contributed by atoms with Crippen LogP contribution in [0.1, 0.15) is 11.1 Å². The second-order valence-corrected chi connectivity index (χ2v) is 5.53. The summed E-state index contributed by atoms with van der Waals surface area (Å²) in [6.45, 7) is 0.193. The molecule has 1 unspecified atom stereocenters. The van der Waals surface area contributed by atoms with Crippen molar-refractivity contribution in [3.63, 3.8) is 0 Å². The minimum absolute atomic E-state index is 0.193. The van der Waals surface area contributed by atoms with Crippen LogP contribution in [0, 0.1) is 0 Å². The van der Waals surface area contributed by atoms with Gasteiger partial charge in [-0.1, -0.05) is 11.6 Å². The minimum atomic E-state index is -0.667. The van der Waals surface area contributed by atoms with Crippen LogP contribution >= 0.6 is 34.3 Å². The van der Waals surface area contributed by atoms with E-state index < -0.39 is 6.10 Å². The molecule has 0 radical (unpaired) electrons. The van der Waals surface area contributed by atoms with Gasteiger partial charge in [-0.25, -0.2) is 4.98 Å². The predicted octanol–water partition coefficient (Wildman–Crippen LogP) is 2.52. The summed E-state index contributed by atoms with van der Waals surface area (Å²) in [5.74, 6) is 0. The van der Waals surface area contributed by atoms with Gasteiger partial charge >= 0.3 is 0 Å². The van der Waals surface area contributed by atoms with Crippen LogP contribution in [0.15, 0.2) is 17.5 Å². The monoisotopic (exact) mass is 260 g/mol. The van der Waals surface area contributed by atoms with Gasteiger partial charge in [0.1, 0.15) is 11.1 Å². The first-order valence-corrected chi connectivity index (χ1v) is 6.37. The number of hydrogen-bond donors (Lipinski definition) is 2. The maximum atomic E-state index is 9.49. The lowest BCUT2D eigenvalue weighted by Crippen LogP contribution is -2.10. The molecule has 0 aromatic carbocycles. The van der Waals surface area contributed by atoms with Crippen LogP contribution in [-0.4, -0.2) is 16.6 Å². The first-order chi connectivity index (χ1) is 7.20. The molecule has 15 heavy (non-hydrogen) atoms. The Labute approximate surface area is 100 Å². The van der Waals surface area contributed by atoms with Crippen LogP contribution in [0.5, 0.6) is 0 Å². The second kappa shape index (κ2) is 4.59. The molecule has 2 aromatic heterocycles. The highest BCUT2D eigenvalue weighted by Gasteiger charge is 2.12. The Balaban J connectivity index is 2.27. The Morgan fingerprint density at radius 1 is 1.53 bits per heavy atom. The molecule has 0 aliphatic rings. The number of rotatable bonds is 3. The van der Waals surface area contributed by atoms with Crippen molar-refractivity contribution in [1.82, 2.24) is 4.98 Å². The van der Waals surface area contributed by atoms with Gasteiger partial charge in [-0.2, -0.15) is 0 Å². The van der Waals surface area contributed by atoms with E-state index in [4.69, 9.17) is 17.3 Å². The standard InChI is InChI=1S/C9H9ClN2OS2/c10-8-2-1-7(15-8)5-4-14-9(12-5)6(13)3-11/h1-2,4,6,13H,3,11H2. The maximum Gasteiger partial charge on any atom is 0.123 e. The van der Waals surface area contributed by atoms with Gasteiger partial charge in [-0.15, -0.1) is 22.7 Å². The molecule has 0 saturated carbocycles. The van der Waals surface area contributed by atoms with E-state index in [0.717, 1.165) is 14.9 Å². The third kappa shape index (κ3) is 2.38. The smallest absolute Gasteiger partial charge is 0.123 e. The molecule has 6 heteroatoms. The molecule has 0 saturated heterocycles. The summed E-state index contributed by atoms with van der Waals surface area (Å²) in [5, 5.41) is 12.0. The van der Waals surface area contributed by atoms with Crippen LogP contribution in [-0.2, 0) is 0 Å². The number of nitrogens with zero attached hydrogens (tertiary/aromatic N) is 1. The van der Waals surface area contributed by atoms with Gasteiger partial charge < -0.3 is 10.8 Å². The lowest BCUT2D eigenvalue weighted by molar-refractivity contribution is 0.186. The van der Waals surface area contributed by atoms with Crippen molar-refractivity contribution in [3.8, 4) is 10.6 Å². The molecule has 2 rings (SSSR count). The van der Waals surface area contributed by atoms with Crippen molar-refractivity contribution in [3.05, 3.63) is 26.9 Å².